The van der Waals surface area contributed by atoms with Crippen molar-refractivity contribution in [1.29, 1.82) is 0 Å². The standard InChI is InChI=1S/C36H37N2P/c1-20-23-13-12-21(18-35(2,3)4)16-22(23)17-26-31-30-25(14-15-37-31)34(39)27(19-36(5,6)7)29-24-10-8-9-11-28(24)38(32(20)26)33(29)30/h8-17H,18-19,39H2,1-7H3. The van der Waals surface area contributed by atoms with Crippen molar-refractivity contribution in [3.05, 3.63) is 77.5 Å². The van der Waals surface area contributed by atoms with Gasteiger partial charge in [0.2, 0.25) is 0 Å². The van der Waals surface area contributed by atoms with E-state index in [0.717, 1.165) is 18.4 Å². The minimum atomic E-state index is 0.171. The molecule has 3 aromatic heterocycles. The molecule has 4 aromatic carbocycles. The van der Waals surface area contributed by atoms with Crippen LogP contribution in [0.5, 0.6) is 0 Å². The van der Waals surface area contributed by atoms with Crippen molar-refractivity contribution in [2.45, 2.75) is 61.3 Å². The highest BCUT2D eigenvalue weighted by molar-refractivity contribution is 7.28. The third-order valence-electron chi connectivity index (χ3n) is 8.33. The Balaban J connectivity index is 1.74. The van der Waals surface area contributed by atoms with E-state index in [1.807, 2.05) is 6.20 Å². The Labute approximate surface area is 233 Å². The average Bonchev–Trinajstić information content (AvgIpc) is 3.20. The van der Waals surface area contributed by atoms with Crippen molar-refractivity contribution in [2.75, 3.05) is 0 Å². The number of hydrogen-bond acceptors (Lipinski definition) is 1. The maximum atomic E-state index is 5.08. The van der Waals surface area contributed by atoms with Gasteiger partial charge in [-0.1, -0.05) is 77.9 Å². The van der Waals surface area contributed by atoms with Crippen LogP contribution in [0.3, 0.4) is 0 Å². The minimum absolute atomic E-state index is 0.171. The lowest BCUT2D eigenvalue weighted by molar-refractivity contribution is 0.411. The zero-order chi connectivity index (χ0) is 27.4. The van der Waals surface area contributed by atoms with E-state index in [1.165, 1.54) is 76.2 Å². The summed E-state index contributed by atoms with van der Waals surface area (Å²) in [6, 6.07) is 20.7. The van der Waals surface area contributed by atoms with Gasteiger partial charge in [0.05, 0.1) is 22.1 Å². The molecule has 7 aromatic rings. The van der Waals surface area contributed by atoms with Gasteiger partial charge in [-0.05, 0) is 86.9 Å². The van der Waals surface area contributed by atoms with Gasteiger partial charge >= 0.3 is 0 Å². The summed E-state index contributed by atoms with van der Waals surface area (Å²) in [4.78, 5) is 5.08. The first kappa shape index (κ1) is 24.8. The first-order valence-corrected chi connectivity index (χ1v) is 14.7. The predicted octanol–water partition coefficient (Wildman–Crippen LogP) is 9.52. The molecular weight excluding hydrogens is 491 g/mol. The molecule has 0 aliphatic heterocycles. The van der Waals surface area contributed by atoms with Crippen molar-refractivity contribution in [3.63, 3.8) is 0 Å². The number of rotatable bonds is 2. The third-order valence-corrected chi connectivity index (χ3v) is 8.99. The molecule has 3 heteroatoms. The van der Waals surface area contributed by atoms with Gasteiger partial charge < -0.3 is 4.40 Å². The van der Waals surface area contributed by atoms with E-state index < -0.39 is 0 Å². The van der Waals surface area contributed by atoms with Gasteiger partial charge in [-0.15, -0.1) is 9.24 Å². The second kappa shape index (κ2) is 8.15. The molecule has 0 amide bonds. The summed E-state index contributed by atoms with van der Waals surface area (Å²) in [5.74, 6) is 0. The van der Waals surface area contributed by atoms with E-state index in [0.29, 0.717) is 0 Å². The van der Waals surface area contributed by atoms with Gasteiger partial charge in [0.1, 0.15) is 0 Å². The van der Waals surface area contributed by atoms with Gasteiger partial charge in [0.25, 0.3) is 0 Å². The van der Waals surface area contributed by atoms with E-state index in [1.54, 1.807) is 0 Å². The van der Waals surface area contributed by atoms with Crippen LogP contribution in [0.4, 0.5) is 0 Å². The molecule has 1 unspecified atom stereocenters. The number of pyridine rings is 2. The fourth-order valence-electron chi connectivity index (χ4n) is 6.97. The molecule has 7 rings (SSSR count). The molecule has 196 valence electrons. The third kappa shape index (κ3) is 3.68. The lowest BCUT2D eigenvalue weighted by atomic mass is 9.85. The second-order valence-electron chi connectivity index (χ2n) is 14.0. The molecule has 0 radical (unpaired) electrons. The summed E-state index contributed by atoms with van der Waals surface area (Å²) in [5, 5.41) is 10.5. The van der Waals surface area contributed by atoms with E-state index >= 15 is 0 Å². The first-order chi connectivity index (χ1) is 18.4. The number of benzene rings is 4. The molecule has 2 nitrogen and oxygen atoms in total. The van der Waals surface area contributed by atoms with Crippen LogP contribution in [0.15, 0.2) is 60.8 Å². The minimum Gasteiger partial charge on any atom is -0.308 e. The van der Waals surface area contributed by atoms with Crippen LogP contribution in [-0.2, 0) is 12.8 Å². The molecule has 0 spiro atoms. The van der Waals surface area contributed by atoms with E-state index in [9.17, 15) is 0 Å². The molecule has 39 heavy (non-hydrogen) atoms. The summed E-state index contributed by atoms with van der Waals surface area (Å²) in [7, 11) is 3.12. The predicted molar refractivity (Wildman–Crippen MR) is 174 cm³/mol. The van der Waals surface area contributed by atoms with Crippen molar-refractivity contribution < 1.29 is 0 Å². The van der Waals surface area contributed by atoms with Crippen molar-refractivity contribution >= 4 is 74.3 Å². The van der Waals surface area contributed by atoms with Crippen LogP contribution >= 0.6 is 9.24 Å². The number of para-hydroxylation sites is 1. The SMILES string of the molecule is Cc1c2ccc(CC(C)(C)C)cc2cc2c3nccc4c(P)c(CC(C)(C)C)c5c6ccccc6n(c12)c5c43. The number of aryl methyl sites for hydroxylation is 1. The first-order valence-electron chi connectivity index (χ1n) is 14.1. The van der Waals surface area contributed by atoms with Crippen LogP contribution in [0, 0.1) is 17.8 Å². The van der Waals surface area contributed by atoms with Crippen LogP contribution < -0.4 is 5.30 Å². The lowest BCUT2D eigenvalue weighted by Gasteiger charge is -2.23. The van der Waals surface area contributed by atoms with E-state index in [2.05, 4.69) is 117 Å². The molecule has 3 heterocycles. The van der Waals surface area contributed by atoms with Crippen molar-refractivity contribution in [2.24, 2.45) is 10.8 Å². The van der Waals surface area contributed by atoms with Gasteiger partial charge in [-0.25, -0.2) is 0 Å². The zero-order valence-electron chi connectivity index (χ0n) is 24.2. The summed E-state index contributed by atoms with van der Waals surface area (Å²) in [6.07, 6.45) is 4.09. The summed E-state index contributed by atoms with van der Waals surface area (Å²) >= 11 is 0. The number of hydrogen-bond donors (Lipinski definition) is 0. The largest absolute Gasteiger partial charge is 0.308 e. The quantitative estimate of drug-likeness (QED) is 0.124. The highest BCUT2D eigenvalue weighted by Gasteiger charge is 2.26. The van der Waals surface area contributed by atoms with Gasteiger partial charge in [0, 0.05) is 27.7 Å². The highest BCUT2D eigenvalue weighted by atomic mass is 31.0. The zero-order valence-corrected chi connectivity index (χ0v) is 25.3. The van der Waals surface area contributed by atoms with Crippen LogP contribution in [0.2, 0.25) is 0 Å². The van der Waals surface area contributed by atoms with Crippen molar-refractivity contribution in [1.82, 2.24) is 9.38 Å². The monoisotopic (exact) mass is 528 g/mol. The molecule has 1 atom stereocenters. The molecule has 0 N–H and O–H groups in total. The fraction of sp³-hybridized carbons (Fsp3) is 0.306. The normalized spacial score (nSPS) is 13.3. The average molecular weight is 529 g/mol. The fourth-order valence-corrected chi connectivity index (χ4v) is 7.46. The molecule has 0 bridgehead atoms. The molecule has 0 fully saturated rings. The Kier molecular flexibility index (Phi) is 5.18. The van der Waals surface area contributed by atoms with Gasteiger partial charge in [-0.3, -0.25) is 4.98 Å². The summed E-state index contributed by atoms with van der Waals surface area (Å²) in [6.45, 7) is 16.3. The molecule has 0 aliphatic carbocycles. The van der Waals surface area contributed by atoms with Gasteiger partial charge in [-0.2, -0.15) is 0 Å². The topological polar surface area (TPSA) is 17.3 Å². The maximum Gasteiger partial charge on any atom is 0.0823 e. The van der Waals surface area contributed by atoms with Crippen LogP contribution in [-0.4, -0.2) is 9.38 Å². The Hall–Kier alpha value is -3.22. The number of fused-ring (bicyclic) bond motifs is 7. The smallest absolute Gasteiger partial charge is 0.0823 e. The molecule has 0 aliphatic rings. The lowest BCUT2D eigenvalue weighted by Crippen LogP contribution is -2.16. The van der Waals surface area contributed by atoms with Crippen LogP contribution in [0.25, 0.3) is 59.8 Å². The van der Waals surface area contributed by atoms with Crippen molar-refractivity contribution in [3.8, 4) is 0 Å². The molecular formula is C36H37N2P. The summed E-state index contributed by atoms with van der Waals surface area (Å²) < 4.78 is 2.56. The Bertz CT molecular complexity index is 2100. The van der Waals surface area contributed by atoms with E-state index in [4.69, 9.17) is 4.98 Å². The van der Waals surface area contributed by atoms with E-state index in [-0.39, 0.29) is 10.8 Å². The Morgan fingerprint density at radius 3 is 2.23 bits per heavy atom. The highest BCUT2D eigenvalue weighted by Crippen LogP contribution is 2.45. The number of aromatic nitrogens is 2. The number of nitrogens with zero attached hydrogens (tertiary/aromatic N) is 2. The summed E-state index contributed by atoms with van der Waals surface area (Å²) in [5.41, 5.74) is 9.57. The molecule has 0 saturated carbocycles. The Morgan fingerprint density at radius 2 is 1.49 bits per heavy atom. The second-order valence-corrected chi connectivity index (χ2v) is 14.6. The van der Waals surface area contributed by atoms with Gasteiger partial charge in [0.15, 0.2) is 0 Å². The maximum absolute atomic E-state index is 5.08. The van der Waals surface area contributed by atoms with Crippen LogP contribution in [0.1, 0.15) is 58.2 Å². The molecule has 0 saturated heterocycles. The Morgan fingerprint density at radius 1 is 0.744 bits per heavy atom.